The van der Waals surface area contributed by atoms with Crippen molar-refractivity contribution in [1.29, 1.82) is 0 Å². The van der Waals surface area contributed by atoms with Crippen molar-refractivity contribution in [2.24, 2.45) is 5.92 Å². The summed E-state index contributed by atoms with van der Waals surface area (Å²) in [6, 6.07) is 7.35. The summed E-state index contributed by atoms with van der Waals surface area (Å²) in [6.07, 6.45) is -0.523. The van der Waals surface area contributed by atoms with Crippen molar-refractivity contribution in [1.82, 2.24) is 0 Å². The summed E-state index contributed by atoms with van der Waals surface area (Å²) in [5.41, 5.74) is 0.234. The highest BCUT2D eigenvalue weighted by atomic mass is 16.6. The van der Waals surface area contributed by atoms with Crippen molar-refractivity contribution in [3.05, 3.63) is 29.8 Å². The van der Waals surface area contributed by atoms with Crippen LogP contribution >= 0.6 is 0 Å². The summed E-state index contributed by atoms with van der Waals surface area (Å²) in [5, 5.41) is 10.3. The summed E-state index contributed by atoms with van der Waals surface area (Å²) in [4.78, 5) is 11.8. The van der Waals surface area contributed by atoms with E-state index in [1.165, 1.54) is 0 Å². The molecule has 1 aromatic carbocycles. The molecule has 0 saturated carbocycles. The highest BCUT2D eigenvalue weighted by Crippen LogP contribution is 2.36. The van der Waals surface area contributed by atoms with Crippen LogP contribution in [0.2, 0.25) is 0 Å². The van der Waals surface area contributed by atoms with Crippen LogP contribution in [0.5, 0.6) is 5.75 Å². The lowest BCUT2D eigenvalue weighted by Crippen LogP contribution is -2.31. The zero-order valence-electron chi connectivity index (χ0n) is 11.6. The molecule has 0 bridgehead atoms. The van der Waals surface area contributed by atoms with E-state index >= 15 is 0 Å². The number of benzene rings is 1. The molecule has 0 saturated heterocycles. The monoisotopic (exact) mass is 264 g/mol. The lowest BCUT2D eigenvalue weighted by atomic mass is 9.91. The van der Waals surface area contributed by atoms with Crippen LogP contribution in [0, 0.1) is 5.92 Å². The SMILES string of the molecule is CC(C)(C)OC(=O)CC1COc2ccccc2C1O. The van der Waals surface area contributed by atoms with Crippen molar-refractivity contribution in [2.45, 2.75) is 38.9 Å². The number of para-hydroxylation sites is 1. The van der Waals surface area contributed by atoms with Crippen LogP contribution in [0.3, 0.4) is 0 Å². The summed E-state index contributed by atoms with van der Waals surface area (Å²) in [5.74, 6) is 0.125. The fraction of sp³-hybridized carbons (Fsp3) is 0.533. The molecule has 0 amide bonds. The molecule has 0 fully saturated rings. The van der Waals surface area contributed by atoms with Gasteiger partial charge in [-0.15, -0.1) is 0 Å². The molecular weight excluding hydrogens is 244 g/mol. The van der Waals surface area contributed by atoms with Gasteiger partial charge in [-0.05, 0) is 26.8 Å². The van der Waals surface area contributed by atoms with Gasteiger partial charge in [-0.3, -0.25) is 4.79 Å². The topological polar surface area (TPSA) is 55.8 Å². The average molecular weight is 264 g/mol. The Morgan fingerprint density at radius 3 is 2.79 bits per heavy atom. The molecule has 0 aromatic heterocycles. The van der Waals surface area contributed by atoms with E-state index in [2.05, 4.69) is 0 Å². The Morgan fingerprint density at radius 1 is 1.42 bits per heavy atom. The van der Waals surface area contributed by atoms with Gasteiger partial charge in [0.25, 0.3) is 0 Å². The Hall–Kier alpha value is -1.55. The van der Waals surface area contributed by atoms with Crippen molar-refractivity contribution in [3.8, 4) is 5.75 Å². The molecule has 19 heavy (non-hydrogen) atoms. The predicted octanol–water partition coefficient (Wildman–Crippen LogP) is 2.46. The van der Waals surface area contributed by atoms with Gasteiger partial charge in [-0.2, -0.15) is 0 Å². The van der Waals surface area contributed by atoms with Gasteiger partial charge in [0, 0.05) is 11.5 Å². The number of rotatable bonds is 2. The van der Waals surface area contributed by atoms with Crippen molar-refractivity contribution >= 4 is 5.97 Å². The summed E-state index contributed by atoms with van der Waals surface area (Å²) in [7, 11) is 0. The number of carbonyl (C=O) groups excluding carboxylic acids is 1. The predicted molar refractivity (Wildman–Crippen MR) is 70.8 cm³/mol. The molecule has 1 heterocycles. The normalized spacial score (nSPS) is 22.3. The van der Waals surface area contributed by atoms with E-state index in [1.54, 1.807) is 0 Å². The minimum absolute atomic E-state index is 0.159. The van der Waals surface area contributed by atoms with Gasteiger partial charge in [-0.25, -0.2) is 0 Å². The molecule has 2 unspecified atom stereocenters. The van der Waals surface area contributed by atoms with Crippen LogP contribution in [0.1, 0.15) is 38.9 Å². The largest absolute Gasteiger partial charge is 0.493 e. The molecule has 104 valence electrons. The third-order valence-corrected chi connectivity index (χ3v) is 2.99. The first-order valence-corrected chi connectivity index (χ1v) is 6.48. The van der Waals surface area contributed by atoms with Gasteiger partial charge < -0.3 is 14.6 Å². The standard InChI is InChI=1S/C15H20O4/c1-15(2,3)19-13(16)8-10-9-18-12-7-5-4-6-11(12)14(10)17/h4-7,10,14,17H,8-9H2,1-3H3. The molecule has 2 atom stereocenters. The zero-order valence-corrected chi connectivity index (χ0v) is 11.6. The van der Waals surface area contributed by atoms with Crippen LogP contribution in [0.25, 0.3) is 0 Å². The molecule has 1 aromatic rings. The fourth-order valence-electron chi connectivity index (χ4n) is 2.17. The van der Waals surface area contributed by atoms with Crippen LogP contribution in [0.15, 0.2) is 24.3 Å². The van der Waals surface area contributed by atoms with Gasteiger partial charge in [-0.1, -0.05) is 18.2 Å². The summed E-state index contributed by atoms with van der Waals surface area (Å²) in [6.45, 7) is 5.81. The molecule has 2 rings (SSSR count). The second-order valence-corrected chi connectivity index (χ2v) is 5.84. The van der Waals surface area contributed by atoms with Crippen LogP contribution in [-0.2, 0) is 9.53 Å². The van der Waals surface area contributed by atoms with Gasteiger partial charge in [0.05, 0.1) is 19.1 Å². The lowest BCUT2D eigenvalue weighted by molar-refractivity contribution is -0.157. The Balaban J connectivity index is 2.02. The number of esters is 1. The van der Waals surface area contributed by atoms with Gasteiger partial charge in [0.1, 0.15) is 11.4 Å². The average Bonchev–Trinajstić information content (AvgIpc) is 2.31. The minimum atomic E-state index is -0.683. The molecule has 0 aliphatic carbocycles. The number of carbonyl (C=O) groups is 1. The van der Waals surface area contributed by atoms with E-state index in [0.717, 1.165) is 5.56 Å². The summed E-state index contributed by atoms with van der Waals surface area (Å²) >= 11 is 0. The maximum Gasteiger partial charge on any atom is 0.306 e. The third-order valence-electron chi connectivity index (χ3n) is 2.99. The van der Waals surface area contributed by atoms with Gasteiger partial charge >= 0.3 is 5.97 Å². The number of ether oxygens (including phenoxy) is 2. The maximum absolute atomic E-state index is 11.8. The molecular formula is C15H20O4. The van der Waals surface area contributed by atoms with Gasteiger partial charge in [0.2, 0.25) is 0 Å². The van der Waals surface area contributed by atoms with Crippen LogP contribution in [-0.4, -0.2) is 23.3 Å². The smallest absolute Gasteiger partial charge is 0.306 e. The number of hydrogen-bond donors (Lipinski definition) is 1. The first-order chi connectivity index (χ1) is 8.87. The quantitative estimate of drug-likeness (QED) is 0.834. The van der Waals surface area contributed by atoms with E-state index in [0.29, 0.717) is 12.4 Å². The fourth-order valence-corrected chi connectivity index (χ4v) is 2.17. The van der Waals surface area contributed by atoms with E-state index < -0.39 is 11.7 Å². The minimum Gasteiger partial charge on any atom is -0.493 e. The van der Waals surface area contributed by atoms with Crippen LogP contribution < -0.4 is 4.74 Å². The third kappa shape index (κ3) is 3.47. The van der Waals surface area contributed by atoms with E-state index in [4.69, 9.17) is 9.47 Å². The Bertz CT molecular complexity index is 461. The zero-order chi connectivity index (χ0) is 14.0. The maximum atomic E-state index is 11.8. The second kappa shape index (κ2) is 5.21. The molecule has 4 nitrogen and oxygen atoms in total. The highest BCUT2D eigenvalue weighted by Gasteiger charge is 2.32. The van der Waals surface area contributed by atoms with E-state index in [9.17, 15) is 9.90 Å². The first kappa shape index (κ1) is 13.9. The van der Waals surface area contributed by atoms with E-state index in [1.807, 2.05) is 45.0 Å². The molecule has 1 N–H and O–H groups in total. The molecule has 4 heteroatoms. The van der Waals surface area contributed by atoms with Crippen LogP contribution in [0.4, 0.5) is 0 Å². The Kier molecular flexibility index (Phi) is 3.80. The second-order valence-electron chi connectivity index (χ2n) is 5.84. The van der Waals surface area contributed by atoms with Gasteiger partial charge in [0.15, 0.2) is 0 Å². The van der Waals surface area contributed by atoms with E-state index in [-0.39, 0.29) is 18.3 Å². The molecule has 1 aliphatic rings. The lowest BCUT2D eigenvalue weighted by Gasteiger charge is -2.30. The number of hydrogen-bond acceptors (Lipinski definition) is 4. The number of aliphatic hydroxyl groups is 1. The Labute approximate surface area is 113 Å². The van der Waals surface area contributed by atoms with Crippen molar-refractivity contribution in [2.75, 3.05) is 6.61 Å². The molecule has 0 spiro atoms. The molecule has 0 radical (unpaired) electrons. The highest BCUT2D eigenvalue weighted by molar-refractivity contribution is 5.70. The van der Waals surface area contributed by atoms with Crippen molar-refractivity contribution in [3.63, 3.8) is 0 Å². The van der Waals surface area contributed by atoms with Crippen molar-refractivity contribution < 1.29 is 19.4 Å². The number of aliphatic hydroxyl groups excluding tert-OH is 1. The first-order valence-electron chi connectivity index (χ1n) is 6.48. The number of fused-ring (bicyclic) bond motifs is 1. The summed E-state index contributed by atoms with van der Waals surface area (Å²) < 4.78 is 10.8. The Morgan fingerprint density at radius 2 is 2.11 bits per heavy atom. The molecule has 1 aliphatic heterocycles.